The lowest BCUT2D eigenvalue weighted by atomic mass is 10.00. The van der Waals surface area contributed by atoms with E-state index in [2.05, 4.69) is 179 Å². The molecule has 206 valence electrons. The smallest absolute Gasteiger partial charge is 0.0561 e. The summed E-state index contributed by atoms with van der Waals surface area (Å²) in [7, 11) is 0. The predicted molar refractivity (Wildman–Crippen MR) is 186 cm³/mol. The van der Waals surface area contributed by atoms with Crippen LogP contribution >= 0.6 is 0 Å². The number of para-hydroxylation sites is 3. The van der Waals surface area contributed by atoms with Gasteiger partial charge >= 0.3 is 0 Å². The molecule has 0 unspecified atom stereocenters. The van der Waals surface area contributed by atoms with E-state index < -0.39 is 0 Å². The molecule has 0 amide bonds. The van der Waals surface area contributed by atoms with Crippen LogP contribution in [0.15, 0.2) is 170 Å². The van der Waals surface area contributed by atoms with Gasteiger partial charge in [-0.05, 0) is 64.7 Å². The van der Waals surface area contributed by atoms with Crippen molar-refractivity contribution >= 4 is 43.6 Å². The summed E-state index contributed by atoms with van der Waals surface area (Å²) in [5.41, 5.74) is 12.0. The van der Waals surface area contributed by atoms with E-state index in [1.54, 1.807) is 0 Å². The molecule has 0 saturated carbocycles. The van der Waals surface area contributed by atoms with Gasteiger partial charge in [0.15, 0.2) is 0 Å². The maximum atomic E-state index is 2.42. The second kappa shape index (κ2) is 9.86. The van der Waals surface area contributed by atoms with Gasteiger partial charge in [0, 0.05) is 32.9 Å². The van der Waals surface area contributed by atoms with Gasteiger partial charge in [-0.1, -0.05) is 127 Å². The molecule has 0 N–H and O–H groups in total. The van der Waals surface area contributed by atoms with E-state index in [-0.39, 0.29) is 0 Å². The molecule has 0 fully saturated rings. The number of benzene rings is 7. The summed E-state index contributed by atoms with van der Waals surface area (Å²) in [6.07, 6.45) is 0. The van der Waals surface area contributed by atoms with E-state index in [1.165, 1.54) is 65.9 Å². The summed E-state index contributed by atoms with van der Waals surface area (Å²) in [6.45, 7) is 0. The van der Waals surface area contributed by atoms with E-state index in [9.17, 15) is 0 Å². The van der Waals surface area contributed by atoms with Crippen LogP contribution in [0.4, 0.5) is 0 Å². The van der Waals surface area contributed by atoms with Crippen molar-refractivity contribution in [2.24, 2.45) is 0 Å². The standard InChI is InChI=1S/C42H28N2/c1-2-11-29(12-3-1)30-21-23-31(24-22-30)32-13-10-14-33(27-32)44-41-20-9-6-17-37(41)38-26-25-34(28-42(38)44)43-39-18-7-4-15-35(39)36-16-5-8-19-40(36)43/h1-28H. The van der Waals surface area contributed by atoms with Gasteiger partial charge in [-0.25, -0.2) is 0 Å². The second-order valence-corrected chi connectivity index (χ2v) is 11.4. The molecule has 9 rings (SSSR count). The molecule has 2 heteroatoms. The molecule has 44 heavy (non-hydrogen) atoms. The number of fused-ring (bicyclic) bond motifs is 6. The minimum Gasteiger partial charge on any atom is -0.309 e. The normalized spacial score (nSPS) is 11.6. The van der Waals surface area contributed by atoms with Crippen LogP contribution in [0.1, 0.15) is 0 Å². The number of hydrogen-bond donors (Lipinski definition) is 0. The van der Waals surface area contributed by atoms with Gasteiger partial charge < -0.3 is 9.13 Å². The lowest BCUT2D eigenvalue weighted by molar-refractivity contribution is 1.15. The van der Waals surface area contributed by atoms with E-state index in [0.717, 1.165) is 11.4 Å². The van der Waals surface area contributed by atoms with Crippen LogP contribution in [0, 0.1) is 0 Å². The SMILES string of the molecule is c1ccc(-c2ccc(-c3cccc(-n4c5ccccc5c5ccc(-n6c7ccccc7c7ccccc76)cc54)c3)cc2)cc1. The summed E-state index contributed by atoms with van der Waals surface area (Å²) in [5.74, 6) is 0. The third-order valence-electron chi connectivity index (χ3n) is 8.93. The van der Waals surface area contributed by atoms with Gasteiger partial charge in [-0.2, -0.15) is 0 Å². The minimum atomic E-state index is 1.15. The molecule has 0 aliphatic carbocycles. The van der Waals surface area contributed by atoms with Crippen LogP contribution in [0.3, 0.4) is 0 Å². The minimum absolute atomic E-state index is 1.15. The third-order valence-corrected chi connectivity index (χ3v) is 8.93. The molecular formula is C42H28N2. The van der Waals surface area contributed by atoms with E-state index in [0.29, 0.717) is 0 Å². The summed E-state index contributed by atoms with van der Waals surface area (Å²) in [5, 5.41) is 5.06. The molecule has 0 radical (unpaired) electrons. The average molecular weight is 561 g/mol. The van der Waals surface area contributed by atoms with Gasteiger partial charge in [-0.15, -0.1) is 0 Å². The first-order valence-electron chi connectivity index (χ1n) is 15.1. The molecule has 0 saturated heterocycles. The molecule has 0 aliphatic heterocycles. The molecular weight excluding hydrogens is 532 g/mol. The van der Waals surface area contributed by atoms with Crippen molar-refractivity contribution in [2.45, 2.75) is 0 Å². The van der Waals surface area contributed by atoms with Crippen molar-refractivity contribution < 1.29 is 0 Å². The number of rotatable bonds is 4. The lowest BCUT2D eigenvalue weighted by Gasteiger charge is -2.12. The molecule has 0 bridgehead atoms. The molecule has 9 aromatic rings. The second-order valence-electron chi connectivity index (χ2n) is 11.4. The van der Waals surface area contributed by atoms with Gasteiger partial charge in [0.1, 0.15) is 0 Å². The first-order chi connectivity index (χ1) is 21.8. The van der Waals surface area contributed by atoms with E-state index in [4.69, 9.17) is 0 Å². The van der Waals surface area contributed by atoms with Crippen molar-refractivity contribution in [3.05, 3.63) is 170 Å². The lowest BCUT2D eigenvalue weighted by Crippen LogP contribution is -1.97. The van der Waals surface area contributed by atoms with Crippen LogP contribution in [0.25, 0.3) is 77.2 Å². The Balaban J connectivity index is 1.23. The summed E-state index contributed by atoms with van der Waals surface area (Å²) < 4.78 is 4.82. The average Bonchev–Trinajstić information content (AvgIpc) is 3.61. The Bertz CT molecular complexity index is 2420. The Hall–Kier alpha value is -5.86. The zero-order valence-corrected chi connectivity index (χ0v) is 24.1. The first-order valence-corrected chi connectivity index (χ1v) is 15.1. The number of nitrogens with zero attached hydrogens (tertiary/aromatic N) is 2. The number of aromatic nitrogens is 2. The summed E-state index contributed by atoms with van der Waals surface area (Å²) >= 11 is 0. The van der Waals surface area contributed by atoms with E-state index >= 15 is 0 Å². The largest absolute Gasteiger partial charge is 0.309 e. The molecule has 0 atom stereocenters. The van der Waals surface area contributed by atoms with Gasteiger partial charge in [0.05, 0.1) is 22.1 Å². The van der Waals surface area contributed by atoms with Crippen molar-refractivity contribution in [3.8, 4) is 33.6 Å². The maximum Gasteiger partial charge on any atom is 0.0561 e. The Labute approximate surface area is 255 Å². The Morgan fingerprint density at radius 2 is 0.682 bits per heavy atom. The molecule has 0 spiro atoms. The molecule has 0 aliphatic rings. The quantitative estimate of drug-likeness (QED) is 0.203. The summed E-state index contributed by atoms with van der Waals surface area (Å²) in [6, 6.07) is 61.4. The van der Waals surface area contributed by atoms with E-state index in [1.807, 2.05) is 0 Å². The Morgan fingerprint density at radius 1 is 0.250 bits per heavy atom. The zero-order chi connectivity index (χ0) is 29.0. The highest BCUT2D eigenvalue weighted by atomic mass is 15.0. The maximum absolute atomic E-state index is 2.42. The highest BCUT2D eigenvalue weighted by Crippen LogP contribution is 2.37. The summed E-state index contributed by atoms with van der Waals surface area (Å²) in [4.78, 5) is 0. The fraction of sp³-hybridized carbons (Fsp3) is 0. The number of hydrogen-bond acceptors (Lipinski definition) is 0. The fourth-order valence-electron chi connectivity index (χ4n) is 6.89. The highest BCUT2D eigenvalue weighted by molar-refractivity contribution is 6.12. The Morgan fingerprint density at radius 3 is 1.30 bits per heavy atom. The first kappa shape index (κ1) is 24.7. The third kappa shape index (κ3) is 3.82. The van der Waals surface area contributed by atoms with Crippen molar-refractivity contribution in [1.82, 2.24) is 9.13 Å². The van der Waals surface area contributed by atoms with Crippen LogP contribution in [-0.2, 0) is 0 Å². The van der Waals surface area contributed by atoms with Crippen LogP contribution in [0.2, 0.25) is 0 Å². The van der Waals surface area contributed by atoms with Gasteiger partial charge in [-0.3, -0.25) is 0 Å². The van der Waals surface area contributed by atoms with Crippen molar-refractivity contribution in [2.75, 3.05) is 0 Å². The predicted octanol–water partition coefficient (Wildman–Crippen LogP) is 11.2. The van der Waals surface area contributed by atoms with Gasteiger partial charge in [0.25, 0.3) is 0 Å². The van der Waals surface area contributed by atoms with Crippen LogP contribution in [-0.4, -0.2) is 9.13 Å². The van der Waals surface area contributed by atoms with Gasteiger partial charge in [0.2, 0.25) is 0 Å². The topological polar surface area (TPSA) is 9.86 Å². The zero-order valence-electron chi connectivity index (χ0n) is 24.1. The van der Waals surface area contributed by atoms with Crippen molar-refractivity contribution in [1.29, 1.82) is 0 Å². The molecule has 7 aromatic carbocycles. The molecule has 2 heterocycles. The fourth-order valence-corrected chi connectivity index (χ4v) is 6.89. The molecule has 2 nitrogen and oxygen atoms in total. The van der Waals surface area contributed by atoms with Crippen LogP contribution < -0.4 is 0 Å². The Kier molecular flexibility index (Phi) is 5.54. The molecule has 2 aromatic heterocycles. The van der Waals surface area contributed by atoms with Crippen LogP contribution in [0.5, 0.6) is 0 Å². The highest BCUT2D eigenvalue weighted by Gasteiger charge is 2.16. The monoisotopic (exact) mass is 560 g/mol. The van der Waals surface area contributed by atoms with Crippen molar-refractivity contribution in [3.63, 3.8) is 0 Å².